The molecule has 1 radical (unpaired) electrons. The van der Waals surface area contributed by atoms with E-state index in [0.29, 0.717) is 0 Å². The Morgan fingerprint density at radius 3 is 2.25 bits per heavy atom. The molecule has 1 aromatic rings. The molecule has 2 heteroatoms. The lowest BCUT2D eigenvalue weighted by Gasteiger charge is -2.11. The molecule has 1 aromatic carbocycles. The van der Waals surface area contributed by atoms with Crippen molar-refractivity contribution in [3.8, 4) is 0 Å². The van der Waals surface area contributed by atoms with E-state index in [2.05, 4.69) is 0 Å². The van der Waals surface area contributed by atoms with Crippen molar-refractivity contribution in [2.75, 3.05) is 19.0 Å². The van der Waals surface area contributed by atoms with E-state index in [1.165, 1.54) is 12.4 Å². The molecule has 1 nitrogen and oxygen atoms in total. The zero-order valence-electron chi connectivity index (χ0n) is 7.21. The van der Waals surface area contributed by atoms with Crippen molar-refractivity contribution < 1.29 is 4.39 Å². The highest BCUT2D eigenvalue weighted by Crippen LogP contribution is 2.12. The predicted octanol–water partition coefficient (Wildman–Crippen LogP) is 2.50. The predicted molar refractivity (Wildman–Crippen MR) is 49.6 cm³/mol. The molecule has 0 spiro atoms. The Hall–Kier alpha value is -1.31. The van der Waals surface area contributed by atoms with E-state index >= 15 is 0 Å². The van der Waals surface area contributed by atoms with Gasteiger partial charge in [-0.3, -0.25) is 0 Å². The Morgan fingerprint density at radius 2 is 1.83 bits per heavy atom. The van der Waals surface area contributed by atoms with Gasteiger partial charge in [0.05, 0.1) is 0 Å². The lowest BCUT2D eigenvalue weighted by atomic mass is 10.2. The normalized spacial score (nSPS) is 10.6. The molecule has 0 aliphatic rings. The summed E-state index contributed by atoms with van der Waals surface area (Å²) in [5.41, 5.74) is 1.93. The molecule has 0 saturated heterocycles. The fourth-order valence-electron chi connectivity index (χ4n) is 0.932. The third kappa shape index (κ3) is 2.09. The number of nitrogens with zero attached hydrogens (tertiary/aromatic N) is 1. The molecule has 1 rings (SSSR count). The SMILES string of the molecule is CN(C)c1ccc(C=[C]F)cc1. The van der Waals surface area contributed by atoms with E-state index in [4.69, 9.17) is 0 Å². The summed E-state index contributed by atoms with van der Waals surface area (Å²) in [5.74, 6) is 0. The zero-order chi connectivity index (χ0) is 8.97. The number of halogens is 1. The Balaban J connectivity index is 2.85. The summed E-state index contributed by atoms with van der Waals surface area (Å²) in [6, 6.07) is 7.57. The number of hydrogen-bond acceptors (Lipinski definition) is 1. The largest absolute Gasteiger partial charge is 0.378 e. The fourth-order valence-corrected chi connectivity index (χ4v) is 0.932. The number of anilines is 1. The molecule has 0 atom stereocenters. The number of benzene rings is 1. The van der Waals surface area contributed by atoms with Crippen LogP contribution in [-0.4, -0.2) is 14.1 Å². The van der Waals surface area contributed by atoms with Gasteiger partial charge in [-0.05, 0) is 23.8 Å². The van der Waals surface area contributed by atoms with Crippen LogP contribution in [0.1, 0.15) is 5.56 Å². The fraction of sp³-hybridized carbons (Fsp3) is 0.200. The minimum absolute atomic E-state index is 0.822. The highest BCUT2D eigenvalue weighted by atomic mass is 19.1. The van der Waals surface area contributed by atoms with Crippen LogP contribution >= 0.6 is 0 Å². The van der Waals surface area contributed by atoms with E-state index in [-0.39, 0.29) is 0 Å². The van der Waals surface area contributed by atoms with E-state index in [0.717, 1.165) is 11.3 Å². The molecule has 63 valence electrons. The maximum atomic E-state index is 11.6. The van der Waals surface area contributed by atoms with Crippen LogP contribution in [-0.2, 0) is 0 Å². The maximum Gasteiger partial charge on any atom is 0.159 e. The minimum atomic E-state index is 0.822. The molecule has 0 unspecified atom stereocenters. The molecule has 0 aromatic heterocycles. The molecule has 0 aliphatic carbocycles. The van der Waals surface area contributed by atoms with Gasteiger partial charge in [0, 0.05) is 19.8 Å². The monoisotopic (exact) mass is 164 g/mol. The Morgan fingerprint density at radius 1 is 1.25 bits per heavy atom. The topological polar surface area (TPSA) is 3.24 Å². The highest BCUT2D eigenvalue weighted by Gasteiger charge is 1.92. The average Bonchev–Trinajstić information content (AvgIpc) is 2.06. The second kappa shape index (κ2) is 3.90. The summed E-state index contributed by atoms with van der Waals surface area (Å²) in [6.07, 6.45) is 2.80. The Kier molecular flexibility index (Phi) is 2.86. The molecule has 0 amide bonds. The van der Waals surface area contributed by atoms with Gasteiger partial charge in [-0.2, -0.15) is 0 Å². The molecule has 0 fully saturated rings. The first-order chi connectivity index (χ1) is 5.74. The summed E-state index contributed by atoms with van der Waals surface area (Å²) in [4.78, 5) is 1.99. The van der Waals surface area contributed by atoms with Gasteiger partial charge < -0.3 is 4.90 Å². The van der Waals surface area contributed by atoms with Gasteiger partial charge in [0.2, 0.25) is 0 Å². The van der Waals surface area contributed by atoms with Crippen LogP contribution in [0, 0.1) is 6.33 Å². The van der Waals surface area contributed by atoms with Gasteiger partial charge in [0.25, 0.3) is 0 Å². The molecular formula is C10H11FN. The molecule has 12 heavy (non-hydrogen) atoms. The third-order valence-electron chi connectivity index (χ3n) is 1.63. The first-order valence-corrected chi connectivity index (χ1v) is 3.71. The highest BCUT2D eigenvalue weighted by molar-refractivity contribution is 5.53. The molecule has 0 saturated carbocycles. The van der Waals surface area contributed by atoms with E-state index in [9.17, 15) is 4.39 Å². The second-order valence-corrected chi connectivity index (χ2v) is 2.74. The number of hydrogen-bond donors (Lipinski definition) is 0. The van der Waals surface area contributed by atoms with Crippen molar-refractivity contribution in [1.29, 1.82) is 0 Å². The van der Waals surface area contributed by atoms with Gasteiger partial charge in [-0.15, -0.1) is 0 Å². The van der Waals surface area contributed by atoms with Gasteiger partial charge in [-0.1, -0.05) is 12.1 Å². The lowest BCUT2D eigenvalue weighted by molar-refractivity contribution is 0.691. The zero-order valence-corrected chi connectivity index (χ0v) is 7.21. The van der Waals surface area contributed by atoms with E-state index in [1.807, 2.05) is 43.3 Å². The van der Waals surface area contributed by atoms with Gasteiger partial charge in [0.15, 0.2) is 6.33 Å². The van der Waals surface area contributed by atoms with Crippen molar-refractivity contribution in [3.05, 3.63) is 36.2 Å². The quantitative estimate of drug-likeness (QED) is 0.649. The van der Waals surface area contributed by atoms with Crippen LogP contribution < -0.4 is 4.90 Å². The van der Waals surface area contributed by atoms with Crippen molar-refractivity contribution in [2.45, 2.75) is 0 Å². The van der Waals surface area contributed by atoms with Gasteiger partial charge >= 0.3 is 0 Å². The standard InChI is InChI=1S/C10H11FN/c1-12(2)10-5-3-9(4-6-10)7-8-11/h3-7H,1-2H3. The third-order valence-corrected chi connectivity index (χ3v) is 1.63. The van der Waals surface area contributed by atoms with Gasteiger partial charge in [-0.25, -0.2) is 4.39 Å². The molecular weight excluding hydrogens is 153 g/mol. The Labute approximate surface area is 72.1 Å². The van der Waals surface area contributed by atoms with Crippen molar-refractivity contribution in [2.24, 2.45) is 0 Å². The number of rotatable bonds is 2. The first kappa shape index (κ1) is 8.78. The summed E-state index contributed by atoms with van der Waals surface area (Å²) in [6.45, 7) is 0. The molecule has 0 heterocycles. The van der Waals surface area contributed by atoms with Crippen molar-refractivity contribution >= 4 is 11.8 Å². The van der Waals surface area contributed by atoms with Crippen LogP contribution in [0.5, 0.6) is 0 Å². The first-order valence-electron chi connectivity index (χ1n) is 3.71. The minimum Gasteiger partial charge on any atom is -0.378 e. The second-order valence-electron chi connectivity index (χ2n) is 2.74. The smallest absolute Gasteiger partial charge is 0.159 e. The van der Waals surface area contributed by atoms with Gasteiger partial charge in [0.1, 0.15) is 0 Å². The van der Waals surface area contributed by atoms with Crippen molar-refractivity contribution in [1.82, 2.24) is 0 Å². The maximum absolute atomic E-state index is 11.6. The molecule has 0 N–H and O–H groups in total. The molecule has 0 bridgehead atoms. The van der Waals surface area contributed by atoms with Crippen LogP contribution in [0.25, 0.3) is 6.08 Å². The average molecular weight is 164 g/mol. The summed E-state index contributed by atoms with van der Waals surface area (Å²) in [5, 5.41) is 0. The summed E-state index contributed by atoms with van der Waals surface area (Å²) >= 11 is 0. The summed E-state index contributed by atoms with van der Waals surface area (Å²) in [7, 11) is 3.93. The van der Waals surface area contributed by atoms with Crippen LogP contribution in [0.15, 0.2) is 24.3 Å². The van der Waals surface area contributed by atoms with E-state index in [1.54, 1.807) is 0 Å². The summed E-state index contributed by atoms with van der Waals surface area (Å²) < 4.78 is 11.6. The molecule has 0 aliphatic heterocycles. The van der Waals surface area contributed by atoms with E-state index < -0.39 is 0 Å². The van der Waals surface area contributed by atoms with Crippen LogP contribution in [0.2, 0.25) is 0 Å². The lowest BCUT2D eigenvalue weighted by Crippen LogP contribution is -2.07. The van der Waals surface area contributed by atoms with Crippen LogP contribution in [0.3, 0.4) is 0 Å². The van der Waals surface area contributed by atoms with Crippen molar-refractivity contribution in [3.63, 3.8) is 0 Å². The Bertz CT molecular complexity index is 262. The van der Waals surface area contributed by atoms with Crippen LogP contribution in [0.4, 0.5) is 10.1 Å².